The number of ether oxygens (including phenoxy) is 1. The molecule has 2 amide bonds. The summed E-state index contributed by atoms with van der Waals surface area (Å²) < 4.78 is 5.51. The van der Waals surface area contributed by atoms with Crippen LogP contribution in [0.25, 0.3) is 0 Å². The fourth-order valence-corrected chi connectivity index (χ4v) is 4.02. The number of nitrogens with two attached hydrogens (primary N) is 1. The number of thiol groups is 1. The van der Waals surface area contributed by atoms with E-state index in [0.717, 1.165) is 0 Å². The number of carbonyl (C=O) groups is 3. The Labute approximate surface area is 208 Å². The molecule has 33 heavy (non-hydrogen) atoms. The van der Waals surface area contributed by atoms with Gasteiger partial charge >= 0.3 is 5.97 Å². The highest BCUT2D eigenvalue weighted by Crippen LogP contribution is 2.18. The van der Waals surface area contributed by atoms with Crippen LogP contribution in [-0.4, -0.2) is 83.3 Å². The van der Waals surface area contributed by atoms with Crippen molar-refractivity contribution in [3.8, 4) is 0 Å². The van der Waals surface area contributed by atoms with E-state index >= 15 is 0 Å². The Kier molecular flexibility index (Phi) is 12.9. The topological polar surface area (TPSA) is 114 Å². The molecular formula is C23H42N4O4S2. The molecule has 1 aliphatic rings. The molecule has 0 fully saturated rings. The number of esters is 1. The molecular weight excluding hydrogens is 460 g/mol. The number of hydrogen-bond donors (Lipinski definition) is 4. The largest absolute Gasteiger partial charge is 0.458 e. The van der Waals surface area contributed by atoms with Gasteiger partial charge in [0.25, 0.3) is 0 Å². The third kappa shape index (κ3) is 10.3. The van der Waals surface area contributed by atoms with E-state index in [0.29, 0.717) is 37.4 Å². The second-order valence-corrected chi connectivity index (χ2v) is 11.0. The highest BCUT2D eigenvalue weighted by molar-refractivity contribution is 7.98. The fraction of sp³-hybridized carbons (Fsp3) is 0.783. The zero-order chi connectivity index (χ0) is 25.2. The van der Waals surface area contributed by atoms with Crippen molar-refractivity contribution in [3.05, 3.63) is 12.2 Å². The highest BCUT2D eigenvalue weighted by atomic mass is 32.2. The number of amides is 2. The van der Waals surface area contributed by atoms with Gasteiger partial charge in [0.15, 0.2) is 0 Å². The van der Waals surface area contributed by atoms with Crippen molar-refractivity contribution in [2.45, 2.75) is 77.2 Å². The lowest BCUT2D eigenvalue weighted by Gasteiger charge is -2.37. The molecule has 4 atom stereocenters. The van der Waals surface area contributed by atoms with Crippen LogP contribution in [0.3, 0.4) is 0 Å². The molecule has 0 bridgehead atoms. The summed E-state index contributed by atoms with van der Waals surface area (Å²) in [6, 6.07) is -2.10. The average Bonchev–Trinajstić information content (AvgIpc) is 2.74. The number of thioether (sulfide) groups is 1. The minimum absolute atomic E-state index is 0.00956. The zero-order valence-corrected chi connectivity index (χ0v) is 22.5. The van der Waals surface area contributed by atoms with E-state index in [1.165, 1.54) is 0 Å². The Balaban J connectivity index is 2.99. The van der Waals surface area contributed by atoms with Crippen LogP contribution >= 0.6 is 24.4 Å². The first-order chi connectivity index (χ1) is 15.4. The van der Waals surface area contributed by atoms with Crippen molar-refractivity contribution in [2.75, 3.05) is 30.9 Å². The molecule has 0 aromatic heterocycles. The summed E-state index contributed by atoms with van der Waals surface area (Å²) in [7, 11) is 0. The Bertz CT molecular complexity index is 682. The smallest absolute Gasteiger partial charge is 0.329 e. The maximum Gasteiger partial charge on any atom is 0.329 e. The lowest BCUT2D eigenvalue weighted by molar-refractivity contribution is -0.159. The van der Waals surface area contributed by atoms with Crippen molar-refractivity contribution in [3.63, 3.8) is 0 Å². The quantitative estimate of drug-likeness (QED) is 0.182. The standard InChI is InChI=1S/C23H42N4O4S2/c1-15(2)19(25-13-16(24)14-32)21(29)27-11-8-7-9-18(27)20(28)26-17(10-12-33-6)22(30)31-23(3,4)5/h7-8,15-19,25,32H,9-14,24H2,1-6H3,(H,26,28)/t16-,17+,18+,19+/m1/s1. The summed E-state index contributed by atoms with van der Waals surface area (Å²) in [5.41, 5.74) is 5.30. The van der Waals surface area contributed by atoms with Crippen LogP contribution in [0, 0.1) is 5.92 Å². The molecule has 10 heteroatoms. The second kappa shape index (κ2) is 14.2. The third-order valence-electron chi connectivity index (χ3n) is 5.18. The van der Waals surface area contributed by atoms with Crippen LogP contribution in [0.2, 0.25) is 0 Å². The average molecular weight is 503 g/mol. The van der Waals surface area contributed by atoms with Gasteiger partial charge in [0, 0.05) is 24.9 Å². The highest BCUT2D eigenvalue weighted by Gasteiger charge is 2.37. The molecule has 0 aromatic carbocycles. The molecule has 1 heterocycles. The number of hydrogen-bond acceptors (Lipinski definition) is 8. The molecule has 0 aliphatic carbocycles. The Morgan fingerprint density at radius 2 is 1.94 bits per heavy atom. The van der Waals surface area contributed by atoms with E-state index in [1.807, 2.05) is 32.3 Å². The minimum Gasteiger partial charge on any atom is -0.458 e. The van der Waals surface area contributed by atoms with Crippen molar-refractivity contribution < 1.29 is 19.1 Å². The van der Waals surface area contributed by atoms with Gasteiger partial charge in [-0.3, -0.25) is 9.59 Å². The molecule has 0 spiro atoms. The molecule has 8 nitrogen and oxygen atoms in total. The van der Waals surface area contributed by atoms with Gasteiger partial charge in [-0.15, -0.1) is 0 Å². The van der Waals surface area contributed by atoms with E-state index < -0.39 is 29.7 Å². The van der Waals surface area contributed by atoms with E-state index in [1.54, 1.807) is 37.4 Å². The van der Waals surface area contributed by atoms with Gasteiger partial charge < -0.3 is 26.0 Å². The predicted octanol–water partition coefficient (Wildman–Crippen LogP) is 1.59. The predicted molar refractivity (Wildman–Crippen MR) is 138 cm³/mol. The lowest BCUT2D eigenvalue weighted by Crippen LogP contribution is -2.59. The van der Waals surface area contributed by atoms with Crippen molar-refractivity contribution in [1.82, 2.24) is 15.5 Å². The van der Waals surface area contributed by atoms with Crippen molar-refractivity contribution in [1.29, 1.82) is 0 Å². The van der Waals surface area contributed by atoms with Crippen molar-refractivity contribution in [2.24, 2.45) is 11.7 Å². The maximum absolute atomic E-state index is 13.4. The normalized spacial score (nSPS) is 19.2. The van der Waals surface area contributed by atoms with Gasteiger partial charge in [0.05, 0.1) is 6.04 Å². The fourth-order valence-electron chi connectivity index (χ4n) is 3.42. The lowest BCUT2D eigenvalue weighted by atomic mass is 9.99. The monoisotopic (exact) mass is 502 g/mol. The first kappa shape index (κ1) is 29.8. The third-order valence-corrected chi connectivity index (χ3v) is 6.29. The SMILES string of the molecule is CSCC[C@H](NC(=O)[C@@H]1CC=CCN1C(=O)[C@@H](NC[C@@H](N)CS)C(C)C)C(=O)OC(C)(C)C. The maximum atomic E-state index is 13.4. The van der Waals surface area contributed by atoms with Crippen LogP contribution in [-0.2, 0) is 19.1 Å². The number of nitrogens with zero attached hydrogens (tertiary/aromatic N) is 1. The molecule has 190 valence electrons. The Hall–Kier alpha value is -1.23. The summed E-state index contributed by atoms with van der Waals surface area (Å²) in [5.74, 6) is 0.248. The summed E-state index contributed by atoms with van der Waals surface area (Å²) in [4.78, 5) is 41.0. The summed E-state index contributed by atoms with van der Waals surface area (Å²) in [6.07, 6.45) is 6.57. The van der Waals surface area contributed by atoms with E-state index in [4.69, 9.17) is 10.5 Å². The first-order valence-corrected chi connectivity index (χ1v) is 13.5. The minimum atomic E-state index is -0.764. The van der Waals surface area contributed by atoms with Crippen molar-refractivity contribution >= 4 is 42.2 Å². The zero-order valence-electron chi connectivity index (χ0n) is 20.8. The van der Waals surface area contributed by atoms with Crippen LogP contribution in [0.15, 0.2) is 12.2 Å². The number of nitrogens with one attached hydrogen (secondary N) is 2. The van der Waals surface area contributed by atoms with Gasteiger partial charge in [0.1, 0.15) is 17.7 Å². The van der Waals surface area contributed by atoms with Gasteiger partial charge in [-0.25, -0.2) is 4.79 Å². The Morgan fingerprint density at radius 1 is 1.27 bits per heavy atom. The number of rotatable bonds is 12. The summed E-state index contributed by atoms with van der Waals surface area (Å²) in [6.45, 7) is 10.1. The van der Waals surface area contributed by atoms with Crippen LogP contribution in [0.5, 0.6) is 0 Å². The molecule has 1 rings (SSSR count). The van der Waals surface area contributed by atoms with Gasteiger partial charge in [-0.1, -0.05) is 26.0 Å². The van der Waals surface area contributed by atoms with Gasteiger partial charge in [-0.2, -0.15) is 24.4 Å². The second-order valence-electron chi connectivity index (χ2n) is 9.66. The molecule has 1 aliphatic heterocycles. The van der Waals surface area contributed by atoms with E-state index in [9.17, 15) is 14.4 Å². The molecule has 4 N–H and O–H groups in total. The molecule has 0 saturated heterocycles. The van der Waals surface area contributed by atoms with Gasteiger partial charge in [-0.05, 0) is 51.5 Å². The van der Waals surface area contributed by atoms with Gasteiger partial charge in [0.2, 0.25) is 11.8 Å². The van der Waals surface area contributed by atoms with Crippen LogP contribution < -0.4 is 16.4 Å². The molecule has 0 radical (unpaired) electrons. The molecule has 0 aromatic rings. The first-order valence-electron chi connectivity index (χ1n) is 11.5. The number of carbonyl (C=O) groups excluding carboxylic acids is 3. The van der Waals surface area contributed by atoms with E-state index in [-0.39, 0.29) is 23.8 Å². The molecule has 0 unspecified atom stereocenters. The Morgan fingerprint density at radius 3 is 2.48 bits per heavy atom. The van der Waals surface area contributed by atoms with Crippen LogP contribution in [0.1, 0.15) is 47.5 Å². The van der Waals surface area contributed by atoms with E-state index in [2.05, 4.69) is 23.3 Å². The molecule has 0 saturated carbocycles. The summed E-state index contributed by atoms with van der Waals surface area (Å²) in [5, 5.41) is 6.09. The summed E-state index contributed by atoms with van der Waals surface area (Å²) >= 11 is 5.79. The van der Waals surface area contributed by atoms with Crippen LogP contribution in [0.4, 0.5) is 0 Å².